The summed E-state index contributed by atoms with van der Waals surface area (Å²) in [5, 5.41) is 0.656. The number of benzene rings is 1. The average Bonchev–Trinajstić information content (AvgIpc) is 2.47. The zero-order valence-electron chi connectivity index (χ0n) is 6.48. The van der Waals surface area contributed by atoms with Gasteiger partial charge in [0.1, 0.15) is 5.82 Å². The maximum Gasteiger partial charge on any atom is 0.133 e. The zero-order valence-corrected chi connectivity index (χ0v) is 9.64. The van der Waals surface area contributed by atoms with Crippen LogP contribution in [0.5, 0.6) is 0 Å². The first-order valence-electron chi connectivity index (χ1n) is 3.64. The Bertz CT molecular complexity index is 452. The summed E-state index contributed by atoms with van der Waals surface area (Å²) in [4.78, 5) is 0.994. The number of thiophene rings is 1. The number of hydrogen-bond donors (Lipinski definition) is 0. The molecule has 0 saturated heterocycles. The summed E-state index contributed by atoms with van der Waals surface area (Å²) in [6.07, 6.45) is 0. The Balaban J connectivity index is 2.75. The second-order valence-electron chi connectivity index (χ2n) is 2.65. The van der Waals surface area contributed by atoms with Crippen molar-refractivity contribution in [3.63, 3.8) is 0 Å². The molecule has 1 aromatic carbocycles. The van der Waals surface area contributed by atoms with Crippen LogP contribution < -0.4 is 0 Å². The molecule has 0 nitrogen and oxygen atoms in total. The second-order valence-corrected chi connectivity index (χ2v) is 5.00. The molecule has 1 heterocycles. The van der Waals surface area contributed by atoms with Gasteiger partial charge in [-0.15, -0.1) is 22.9 Å². The average molecular weight is 280 g/mol. The van der Waals surface area contributed by atoms with Gasteiger partial charge in [0.25, 0.3) is 0 Å². The monoisotopic (exact) mass is 278 g/mol. The van der Waals surface area contributed by atoms with Crippen LogP contribution in [0.1, 0.15) is 4.88 Å². The maximum atomic E-state index is 13.3. The zero-order chi connectivity index (χ0) is 9.42. The summed E-state index contributed by atoms with van der Waals surface area (Å²) >= 11 is 10.4. The van der Waals surface area contributed by atoms with Crippen molar-refractivity contribution in [3.05, 3.63) is 33.4 Å². The van der Waals surface area contributed by atoms with Crippen molar-refractivity contribution in [2.75, 3.05) is 0 Å². The molecule has 2 aromatic rings. The fourth-order valence-electron chi connectivity index (χ4n) is 1.18. The Morgan fingerprint density at radius 3 is 2.85 bits per heavy atom. The molecule has 0 amide bonds. The number of hydrogen-bond acceptors (Lipinski definition) is 1. The van der Waals surface area contributed by atoms with Gasteiger partial charge in [-0.1, -0.05) is 15.9 Å². The van der Waals surface area contributed by atoms with Gasteiger partial charge < -0.3 is 0 Å². The fourth-order valence-corrected chi connectivity index (χ4v) is 2.97. The summed E-state index contributed by atoms with van der Waals surface area (Å²) in [5.41, 5.74) is 0. The predicted octanol–water partition coefficient (Wildman–Crippen LogP) is 4.54. The molecule has 0 bridgehead atoms. The topological polar surface area (TPSA) is 0 Å². The van der Waals surface area contributed by atoms with Gasteiger partial charge in [0.2, 0.25) is 0 Å². The molecular formula is C9H5BrClFS. The highest BCUT2D eigenvalue weighted by Gasteiger charge is 2.06. The molecule has 2 rings (SSSR count). The minimum absolute atomic E-state index is 0.197. The van der Waals surface area contributed by atoms with E-state index in [1.807, 2.05) is 6.07 Å². The largest absolute Gasteiger partial charge is 0.206 e. The molecule has 0 spiro atoms. The van der Waals surface area contributed by atoms with Crippen LogP contribution in [0.2, 0.25) is 0 Å². The van der Waals surface area contributed by atoms with Crippen LogP contribution in [0.15, 0.2) is 22.7 Å². The summed E-state index contributed by atoms with van der Waals surface area (Å²) in [7, 11) is 0. The molecule has 1 aromatic heterocycles. The molecule has 0 atom stereocenters. The first-order chi connectivity index (χ1) is 6.20. The highest BCUT2D eigenvalue weighted by atomic mass is 79.9. The number of rotatable bonds is 1. The Hall–Kier alpha value is -0.120. The third kappa shape index (κ3) is 1.73. The Labute approximate surface area is 92.5 Å². The van der Waals surface area contributed by atoms with E-state index >= 15 is 0 Å². The Morgan fingerprint density at radius 1 is 1.38 bits per heavy atom. The normalized spacial score (nSPS) is 11.0. The van der Waals surface area contributed by atoms with Gasteiger partial charge in [0.05, 0.1) is 5.88 Å². The van der Waals surface area contributed by atoms with Crippen molar-refractivity contribution in [2.45, 2.75) is 5.88 Å². The van der Waals surface area contributed by atoms with Gasteiger partial charge in [0.15, 0.2) is 0 Å². The minimum atomic E-state index is -0.197. The number of alkyl halides is 1. The molecule has 0 fully saturated rings. The van der Waals surface area contributed by atoms with Gasteiger partial charge in [-0.2, -0.15) is 0 Å². The van der Waals surface area contributed by atoms with Crippen LogP contribution >= 0.6 is 38.9 Å². The molecule has 13 heavy (non-hydrogen) atoms. The SMILES string of the molecule is Fc1cc(Br)cc2sc(CCl)cc12. The summed E-state index contributed by atoms with van der Waals surface area (Å²) in [6.45, 7) is 0. The predicted molar refractivity (Wildman–Crippen MR) is 59.0 cm³/mol. The molecule has 0 aliphatic rings. The smallest absolute Gasteiger partial charge is 0.133 e. The lowest BCUT2D eigenvalue weighted by Gasteiger charge is -1.92. The lowest BCUT2D eigenvalue weighted by molar-refractivity contribution is 0.639. The van der Waals surface area contributed by atoms with E-state index in [4.69, 9.17) is 11.6 Å². The minimum Gasteiger partial charge on any atom is -0.206 e. The molecule has 4 heteroatoms. The highest BCUT2D eigenvalue weighted by molar-refractivity contribution is 9.10. The number of fused-ring (bicyclic) bond motifs is 1. The van der Waals surface area contributed by atoms with Gasteiger partial charge in [-0.25, -0.2) is 4.39 Å². The van der Waals surface area contributed by atoms with Crippen molar-refractivity contribution < 1.29 is 4.39 Å². The van der Waals surface area contributed by atoms with Gasteiger partial charge in [0, 0.05) is 19.4 Å². The fraction of sp³-hybridized carbons (Fsp3) is 0.111. The molecule has 68 valence electrons. The van der Waals surface area contributed by atoms with Crippen LogP contribution in [0, 0.1) is 5.82 Å². The van der Waals surface area contributed by atoms with Crippen LogP contribution in [0.25, 0.3) is 10.1 Å². The maximum absolute atomic E-state index is 13.3. The first-order valence-corrected chi connectivity index (χ1v) is 5.78. The van der Waals surface area contributed by atoms with Crippen LogP contribution in [0.3, 0.4) is 0 Å². The van der Waals surface area contributed by atoms with Crippen LogP contribution in [-0.4, -0.2) is 0 Å². The van der Waals surface area contributed by atoms with Crippen molar-refractivity contribution in [1.29, 1.82) is 0 Å². The summed E-state index contributed by atoms with van der Waals surface area (Å²) < 4.78 is 15.0. The van der Waals surface area contributed by atoms with E-state index < -0.39 is 0 Å². The lowest BCUT2D eigenvalue weighted by atomic mass is 10.2. The van der Waals surface area contributed by atoms with E-state index in [9.17, 15) is 4.39 Å². The van der Waals surface area contributed by atoms with Crippen molar-refractivity contribution in [2.24, 2.45) is 0 Å². The van der Waals surface area contributed by atoms with Gasteiger partial charge >= 0.3 is 0 Å². The van der Waals surface area contributed by atoms with Crippen molar-refractivity contribution in [3.8, 4) is 0 Å². The van der Waals surface area contributed by atoms with E-state index in [0.29, 0.717) is 11.3 Å². The van der Waals surface area contributed by atoms with Crippen molar-refractivity contribution >= 4 is 49.0 Å². The summed E-state index contributed by atoms with van der Waals surface area (Å²) in [6, 6.07) is 5.17. The Morgan fingerprint density at radius 2 is 2.15 bits per heavy atom. The Kier molecular flexibility index (Phi) is 2.58. The second kappa shape index (κ2) is 3.56. The standard InChI is InChI=1S/C9H5BrClFS/c10-5-1-8(12)7-3-6(4-11)13-9(7)2-5/h1-3H,4H2. The van der Waals surface area contributed by atoms with E-state index in [-0.39, 0.29) is 5.82 Å². The van der Waals surface area contributed by atoms with E-state index in [2.05, 4.69) is 15.9 Å². The van der Waals surface area contributed by atoms with Gasteiger partial charge in [-0.05, 0) is 18.2 Å². The molecule has 0 saturated carbocycles. The van der Waals surface area contributed by atoms with E-state index in [0.717, 1.165) is 14.0 Å². The van der Waals surface area contributed by atoms with Crippen molar-refractivity contribution in [1.82, 2.24) is 0 Å². The van der Waals surface area contributed by atoms with E-state index in [1.54, 1.807) is 6.07 Å². The molecular weight excluding hydrogens is 275 g/mol. The molecule has 0 aliphatic carbocycles. The molecule has 0 radical (unpaired) electrons. The van der Waals surface area contributed by atoms with Crippen LogP contribution in [0.4, 0.5) is 4.39 Å². The molecule has 0 N–H and O–H groups in total. The first kappa shape index (κ1) is 9.44. The third-order valence-electron chi connectivity index (χ3n) is 1.73. The van der Waals surface area contributed by atoms with Crippen LogP contribution in [-0.2, 0) is 5.88 Å². The van der Waals surface area contributed by atoms with E-state index in [1.165, 1.54) is 17.4 Å². The molecule has 0 unspecified atom stereocenters. The summed E-state index contributed by atoms with van der Waals surface area (Å²) in [5.74, 6) is 0.244. The lowest BCUT2D eigenvalue weighted by Crippen LogP contribution is -1.73. The number of halogens is 3. The highest BCUT2D eigenvalue weighted by Crippen LogP contribution is 2.31. The molecule has 0 aliphatic heterocycles. The van der Waals surface area contributed by atoms with Gasteiger partial charge in [-0.3, -0.25) is 0 Å². The third-order valence-corrected chi connectivity index (χ3v) is 3.72. The quantitative estimate of drug-likeness (QED) is 0.672.